The minimum atomic E-state index is -0.120. The van der Waals surface area contributed by atoms with Gasteiger partial charge in [-0.2, -0.15) is 0 Å². The first-order valence-corrected chi connectivity index (χ1v) is 7.47. The first-order valence-electron chi connectivity index (χ1n) is 7.47. The predicted molar refractivity (Wildman–Crippen MR) is 85.1 cm³/mol. The zero-order valence-electron chi connectivity index (χ0n) is 12.3. The summed E-state index contributed by atoms with van der Waals surface area (Å²) in [5, 5.41) is 2.90. The summed E-state index contributed by atoms with van der Waals surface area (Å²) in [5.74, 6) is 1.18. The number of amides is 1. The van der Waals surface area contributed by atoms with E-state index in [9.17, 15) is 4.79 Å². The minimum Gasteiger partial charge on any atom is -0.440 e. The van der Waals surface area contributed by atoms with Crippen molar-refractivity contribution in [3.63, 3.8) is 0 Å². The molecule has 0 atom stereocenters. The van der Waals surface area contributed by atoms with Crippen LogP contribution in [0.15, 0.2) is 46.9 Å². The Morgan fingerprint density at radius 2 is 1.95 bits per heavy atom. The van der Waals surface area contributed by atoms with Crippen LogP contribution in [0.5, 0.6) is 0 Å². The highest BCUT2D eigenvalue weighted by molar-refractivity contribution is 6.04. The van der Waals surface area contributed by atoms with E-state index in [4.69, 9.17) is 4.42 Å². The van der Waals surface area contributed by atoms with Gasteiger partial charge in [-0.05, 0) is 50.1 Å². The molecular formula is C18H16N2O2. The van der Waals surface area contributed by atoms with E-state index in [0.29, 0.717) is 11.5 Å². The first kappa shape index (κ1) is 13.1. The van der Waals surface area contributed by atoms with Crippen LogP contribution >= 0.6 is 0 Å². The third-order valence-electron chi connectivity index (χ3n) is 3.90. The molecule has 0 unspecified atom stereocenters. The van der Waals surface area contributed by atoms with Gasteiger partial charge in [-0.25, -0.2) is 4.98 Å². The van der Waals surface area contributed by atoms with Crippen LogP contribution in [0, 0.1) is 6.92 Å². The van der Waals surface area contributed by atoms with Gasteiger partial charge in [0.2, 0.25) is 0 Å². The fraction of sp³-hybridized carbons (Fsp3) is 0.222. The molecule has 1 aromatic heterocycles. The molecule has 0 bridgehead atoms. The Bertz CT molecular complexity index is 845. The van der Waals surface area contributed by atoms with Crippen molar-refractivity contribution >= 4 is 22.7 Å². The molecule has 110 valence electrons. The Morgan fingerprint density at radius 3 is 2.68 bits per heavy atom. The van der Waals surface area contributed by atoms with Gasteiger partial charge in [0.05, 0.1) is 0 Å². The van der Waals surface area contributed by atoms with E-state index in [1.54, 1.807) is 0 Å². The highest BCUT2D eigenvalue weighted by Crippen LogP contribution is 2.40. The molecule has 0 aliphatic heterocycles. The average molecular weight is 292 g/mol. The molecule has 22 heavy (non-hydrogen) atoms. The summed E-state index contributed by atoms with van der Waals surface area (Å²) < 4.78 is 5.73. The number of carbonyl (C=O) groups is 1. The molecule has 4 rings (SSSR count). The maximum absolute atomic E-state index is 12.2. The highest BCUT2D eigenvalue weighted by atomic mass is 16.3. The second kappa shape index (κ2) is 4.98. The molecule has 2 aromatic carbocycles. The number of aromatic nitrogens is 1. The molecule has 4 nitrogen and oxygen atoms in total. The number of fused-ring (bicyclic) bond motifs is 1. The lowest BCUT2D eigenvalue weighted by Gasteiger charge is -2.05. The number of carbonyl (C=O) groups excluding carboxylic acids is 1. The fourth-order valence-corrected chi connectivity index (χ4v) is 2.44. The largest absolute Gasteiger partial charge is 0.440 e. The zero-order valence-corrected chi connectivity index (χ0v) is 12.3. The first-order chi connectivity index (χ1) is 10.7. The Balaban J connectivity index is 1.58. The predicted octanol–water partition coefficient (Wildman–Crippen LogP) is 4.27. The molecule has 0 saturated heterocycles. The average Bonchev–Trinajstić information content (AvgIpc) is 3.28. The van der Waals surface area contributed by atoms with Crippen molar-refractivity contribution in [1.82, 2.24) is 4.98 Å². The zero-order chi connectivity index (χ0) is 15.1. The van der Waals surface area contributed by atoms with E-state index in [2.05, 4.69) is 10.3 Å². The van der Waals surface area contributed by atoms with E-state index >= 15 is 0 Å². The Labute approximate surface area is 128 Å². The summed E-state index contributed by atoms with van der Waals surface area (Å²) in [7, 11) is 0. The summed E-state index contributed by atoms with van der Waals surface area (Å²) in [6.45, 7) is 2.00. The van der Waals surface area contributed by atoms with Crippen molar-refractivity contribution < 1.29 is 9.21 Å². The Morgan fingerprint density at radius 1 is 1.18 bits per heavy atom. The van der Waals surface area contributed by atoms with E-state index in [0.717, 1.165) is 41.1 Å². The summed E-state index contributed by atoms with van der Waals surface area (Å²) in [6.07, 6.45) is 2.31. The van der Waals surface area contributed by atoms with E-state index in [-0.39, 0.29) is 5.91 Å². The fourth-order valence-electron chi connectivity index (χ4n) is 2.44. The van der Waals surface area contributed by atoms with Crippen molar-refractivity contribution in [2.24, 2.45) is 0 Å². The van der Waals surface area contributed by atoms with Gasteiger partial charge in [0.1, 0.15) is 5.52 Å². The number of anilines is 1. The van der Waals surface area contributed by atoms with Crippen LogP contribution in [0.1, 0.15) is 40.6 Å². The number of nitrogens with one attached hydrogen (secondary N) is 1. The number of oxazole rings is 1. The lowest BCUT2D eigenvalue weighted by molar-refractivity contribution is 0.102. The molecule has 3 aromatic rings. The lowest BCUT2D eigenvalue weighted by Crippen LogP contribution is -2.11. The van der Waals surface area contributed by atoms with Crippen LogP contribution in [-0.2, 0) is 0 Å². The van der Waals surface area contributed by atoms with Crippen LogP contribution in [0.3, 0.4) is 0 Å². The molecule has 4 heteroatoms. The van der Waals surface area contributed by atoms with E-state index in [1.165, 1.54) is 0 Å². The quantitative estimate of drug-likeness (QED) is 0.784. The molecule has 1 heterocycles. The molecule has 1 amide bonds. The van der Waals surface area contributed by atoms with E-state index < -0.39 is 0 Å². The van der Waals surface area contributed by atoms with Crippen LogP contribution in [0.25, 0.3) is 11.1 Å². The molecule has 1 aliphatic rings. The molecule has 1 aliphatic carbocycles. The van der Waals surface area contributed by atoms with Gasteiger partial charge >= 0.3 is 0 Å². The summed E-state index contributed by atoms with van der Waals surface area (Å²) >= 11 is 0. The molecule has 0 radical (unpaired) electrons. The monoisotopic (exact) mass is 292 g/mol. The molecule has 1 N–H and O–H groups in total. The molecular weight excluding hydrogens is 276 g/mol. The van der Waals surface area contributed by atoms with Gasteiger partial charge in [-0.3, -0.25) is 4.79 Å². The third kappa shape index (κ3) is 2.48. The van der Waals surface area contributed by atoms with Crippen molar-refractivity contribution in [3.05, 3.63) is 59.5 Å². The van der Waals surface area contributed by atoms with Gasteiger partial charge in [0.25, 0.3) is 5.91 Å². The lowest BCUT2D eigenvalue weighted by atomic mass is 10.1. The van der Waals surface area contributed by atoms with Crippen molar-refractivity contribution in [1.29, 1.82) is 0 Å². The van der Waals surface area contributed by atoms with Crippen LogP contribution < -0.4 is 5.32 Å². The number of hydrogen-bond acceptors (Lipinski definition) is 3. The Hall–Kier alpha value is -2.62. The topological polar surface area (TPSA) is 55.1 Å². The van der Waals surface area contributed by atoms with Gasteiger partial charge in [-0.1, -0.05) is 17.7 Å². The van der Waals surface area contributed by atoms with Gasteiger partial charge in [-0.15, -0.1) is 0 Å². The van der Waals surface area contributed by atoms with Gasteiger partial charge < -0.3 is 9.73 Å². The molecule has 1 saturated carbocycles. The SMILES string of the molecule is Cc1ccc(C(=O)Nc2ccc3oc(C4CC4)nc3c2)cc1. The minimum absolute atomic E-state index is 0.120. The second-order valence-electron chi connectivity index (χ2n) is 5.83. The number of nitrogens with zero attached hydrogens (tertiary/aromatic N) is 1. The number of aryl methyl sites for hydroxylation is 1. The molecule has 0 spiro atoms. The third-order valence-corrected chi connectivity index (χ3v) is 3.90. The molecule has 1 fully saturated rings. The second-order valence-corrected chi connectivity index (χ2v) is 5.83. The Kier molecular flexibility index (Phi) is 2.96. The van der Waals surface area contributed by atoms with Gasteiger partial charge in [0, 0.05) is 17.2 Å². The maximum Gasteiger partial charge on any atom is 0.255 e. The van der Waals surface area contributed by atoms with Crippen molar-refractivity contribution in [3.8, 4) is 0 Å². The van der Waals surface area contributed by atoms with Crippen LogP contribution in [-0.4, -0.2) is 10.9 Å². The maximum atomic E-state index is 12.2. The number of rotatable bonds is 3. The van der Waals surface area contributed by atoms with Gasteiger partial charge in [0.15, 0.2) is 11.5 Å². The number of hydrogen-bond donors (Lipinski definition) is 1. The van der Waals surface area contributed by atoms with Crippen molar-refractivity contribution in [2.75, 3.05) is 5.32 Å². The normalized spacial score (nSPS) is 14.2. The highest BCUT2D eigenvalue weighted by Gasteiger charge is 2.28. The number of benzene rings is 2. The van der Waals surface area contributed by atoms with Crippen LogP contribution in [0.4, 0.5) is 5.69 Å². The standard InChI is InChI=1S/C18H16N2O2/c1-11-2-4-12(5-3-11)17(21)19-14-8-9-16-15(10-14)20-18(22-16)13-6-7-13/h2-5,8-10,13H,6-7H2,1H3,(H,19,21). The summed E-state index contributed by atoms with van der Waals surface area (Å²) in [5.41, 5.74) is 4.07. The summed E-state index contributed by atoms with van der Waals surface area (Å²) in [4.78, 5) is 16.7. The summed E-state index contributed by atoms with van der Waals surface area (Å²) in [6, 6.07) is 13.1. The van der Waals surface area contributed by atoms with Crippen LogP contribution in [0.2, 0.25) is 0 Å². The van der Waals surface area contributed by atoms with Crippen molar-refractivity contribution in [2.45, 2.75) is 25.7 Å². The smallest absolute Gasteiger partial charge is 0.255 e. The van der Waals surface area contributed by atoms with E-state index in [1.807, 2.05) is 49.4 Å².